The third-order valence-corrected chi connectivity index (χ3v) is 7.75. The van der Waals surface area contributed by atoms with E-state index < -0.39 is 34.7 Å². The van der Waals surface area contributed by atoms with Crippen LogP contribution in [0.25, 0.3) is 0 Å². The molecule has 1 heterocycles. The maximum atomic E-state index is 13.6. The maximum absolute atomic E-state index is 13.6. The van der Waals surface area contributed by atoms with Crippen molar-refractivity contribution in [3.05, 3.63) is 39.8 Å². The van der Waals surface area contributed by atoms with E-state index in [-0.39, 0.29) is 53.9 Å². The number of ketones is 2. The number of rotatable bonds is 3. The van der Waals surface area contributed by atoms with Crippen LogP contribution in [0, 0.1) is 29.6 Å². The number of fused-ring (bicyclic) bond motifs is 1. The molecule has 0 radical (unpaired) electrons. The Morgan fingerprint density at radius 2 is 1.94 bits per heavy atom. The molecule has 31 heavy (non-hydrogen) atoms. The highest BCUT2D eigenvalue weighted by Gasteiger charge is 2.47. The van der Waals surface area contributed by atoms with Crippen LogP contribution in [0.4, 0.5) is 0 Å². The zero-order valence-electron chi connectivity index (χ0n) is 18.0. The Kier molecular flexibility index (Phi) is 5.68. The van der Waals surface area contributed by atoms with Gasteiger partial charge in [-0.1, -0.05) is 32.4 Å². The van der Waals surface area contributed by atoms with Crippen molar-refractivity contribution < 1.29 is 24.9 Å². The molecular weight excluding hydrogens is 398 g/mol. The van der Waals surface area contributed by atoms with Crippen LogP contribution >= 0.6 is 0 Å². The molecule has 4 N–H and O–H groups in total. The molecule has 2 saturated carbocycles. The summed E-state index contributed by atoms with van der Waals surface area (Å²) in [5.41, 5.74) is -3.08. The number of pyridine rings is 1. The lowest BCUT2D eigenvalue weighted by atomic mass is 9.61. The number of hydrogen-bond acceptors (Lipinski definition) is 6. The largest absolute Gasteiger partial charge is 0.507 e. The van der Waals surface area contributed by atoms with Crippen LogP contribution in [0.5, 0.6) is 5.75 Å². The van der Waals surface area contributed by atoms with Crippen molar-refractivity contribution in [1.82, 2.24) is 4.98 Å². The summed E-state index contributed by atoms with van der Waals surface area (Å²) in [6, 6.07) is 0. The molecule has 0 unspecified atom stereocenters. The molecule has 0 saturated heterocycles. The zero-order valence-corrected chi connectivity index (χ0v) is 18.0. The number of carbonyl (C=O) groups is 2. The standard InChI is InChI=1S/C24H31NO6/c1-12-3-6-16-14(9-12)5-4-13(2)19(16)22(29)20-21(28)17(11-25-23(20)30)24(31)8-7-15(26)10-18(24)27/h4-5,11-14,16,18-19,27,31H,3,6-10H2,1-2H3,(H2,25,28,30)/t12-,13-,14-,16-,18+,19-,24+/m1/s1. The van der Waals surface area contributed by atoms with Gasteiger partial charge >= 0.3 is 0 Å². The number of hydrogen-bond donors (Lipinski definition) is 4. The lowest BCUT2D eigenvalue weighted by Gasteiger charge is -2.42. The third-order valence-electron chi connectivity index (χ3n) is 7.75. The number of aromatic nitrogens is 1. The topological polar surface area (TPSA) is 128 Å². The Hall–Kier alpha value is -2.25. The lowest BCUT2D eigenvalue weighted by molar-refractivity contribution is -0.142. The summed E-state index contributed by atoms with van der Waals surface area (Å²) < 4.78 is 0. The number of aromatic hydroxyl groups is 1. The summed E-state index contributed by atoms with van der Waals surface area (Å²) in [6.07, 6.45) is 6.55. The van der Waals surface area contributed by atoms with Gasteiger partial charge in [-0.3, -0.25) is 14.4 Å². The second-order valence-corrected chi connectivity index (χ2v) is 9.82. The van der Waals surface area contributed by atoms with E-state index in [1.54, 1.807) is 0 Å². The average molecular weight is 430 g/mol. The number of aliphatic hydroxyl groups excluding tert-OH is 1. The van der Waals surface area contributed by atoms with E-state index in [4.69, 9.17) is 0 Å². The molecule has 7 nitrogen and oxygen atoms in total. The molecule has 1 aromatic heterocycles. The van der Waals surface area contributed by atoms with Crippen molar-refractivity contribution >= 4 is 11.6 Å². The van der Waals surface area contributed by atoms with Gasteiger partial charge in [-0.05, 0) is 42.9 Å². The second kappa shape index (κ2) is 8.02. The minimum Gasteiger partial charge on any atom is -0.507 e. The molecular formula is C24H31NO6. The maximum Gasteiger partial charge on any atom is 0.262 e. The smallest absolute Gasteiger partial charge is 0.262 e. The molecule has 7 heteroatoms. The van der Waals surface area contributed by atoms with E-state index in [1.807, 2.05) is 13.0 Å². The Bertz CT molecular complexity index is 981. The lowest BCUT2D eigenvalue weighted by Crippen LogP contribution is -2.45. The molecule has 0 aliphatic heterocycles. The normalized spacial score (nSPS) is 38.0. The first-order valence-corrected chi connectivity index (χ1v) is 11.2. The predicted molar refractivity (Wildman–Crippen MR) is 114 cm³/mol. The van der Waals surface area contributed by atoms with Gasteiger partial charge in [0.2, 0.25) is 0 Å². The second-order valence-electron chi connectivity index (χ2n) is 9.82. The van der Waals surface area contributed by atoms with Crippen LogP contribution in [0.2, 0.25) is 0 Å². The number of aromatic amines is 1. The summed E-state index contributed by atoms with van der Waals surface area (Å²) in [6.45, 7) is 4.16. The highest BCUT2D eigenvalue weighted by atomic mass is 16.3. The minimum atomic E-state index is -1.90. The van der Waals surface area contributed by atoms with Gasteiger partial charge in [0.1, 0.15) is 22.7 Å². The Balaban J connectivity index is 1.74. The van der Waals surface area contributed by atoms with Gasteiger partial charge in [-0.25, -0.2) is 0 Å². The van der Waals surface area contributed by atoms with Gasteiger partial charge in [-0.2, -0.15) is 0 Å². The molecule has 1 aromatic rings. The molecule has 0 amide bonds. The first-order chi connectivity index (χ1) is 14.6. The van der Waals surface area contributed by atoms with Crippen molar-refractivity contribution in [2.24, 2.45) is 29.6 Å². The molecule has 3 aliphatic carbocycles. The van der Waals surface area contributed by atoms with E-state index in [1.165, 1.54) is 0 Å². The third kappa shape index (κ3) is 3.68. The van der Waals surface area contributed by atoms with E-state index in [0.717, 1.165) is 25.5 Å². The van der Waals surface area contributed by atoms with Crippen molar-refractivity contribution in [3.63, 3.8) is 0 Å². The SMILES string of the molecule is C[C@@H]1CC[C@H]2[C@H](C(=O)c3c(O)c([C@@]4(O)CCC(=O)C[C@@H]4O)c[nH]c3=O)[C@H](C)C=C[C@@H]2C1. The monoisotopic (exact) mass is 429 g/mol. The van der Waals surface area contributed by atoms with Crippen molar-refractivity contribution in [2.75, 3.05) is 0 Å². The van der Waals surface area contributed by atoms with Gasteiger partial charge in [-0.15, -0.1) is 0 Å². The fourth-order valence-electron chi connectivity index (χ4n) is 5.92. The van der Waals surface area contributed by atoms with Gasteiger partial charge in [0.25, 0.3) is 5.56 Å². The van der Waals surface area contributed by atoms with Crippen LogP contribution in [0.3, 0.4) is 0 Å². The zero-order chi connectivity index (χ0) is 22.5. The Labute approximate surface area is 181 Å². The Morgan fingerprint density at radius 3 is 2.65 bits per heavy atom. The number of nitrogens with one attached hydrogen (secondary N) is 1. The summed E-state index contributed by atoms with van der Waals surface area (Å²) in [5, 5.41) is 32.4. The quantitative estimate of drug-likeness (QED) is 0.432. The summed E-state index contributed by atoms with van der Waals surface area (Å²) in [7, 11) is 0. The van der Waals surface area contributed by atoms with E-state index in [0.29, 0.717) is 5.92 Å². The van der Waals surface area contributed by atoms with Gasteiger partial charge < -0.3 is 20.3 Å². The average Bonchev–Trinajstić information content (AvgIpc) is 2.71. The molecule has 0 aromatic carbocycles. The molecule has 4 rings (SSSR count). The molecule has 168 valence electrons. The Morgan fingerprint density at radius 1 is 1.19 bits per heavy atom. The number of H-pyrrole nitrogens is 1. The molecule has 0 spiro atoms. The van der Waals surface area contributed by atoms with E-state index in [2.05, 4.69) is 18.0 Å². The van der Waals surface area contributed by atoms with Gasteiger partial charge in [0, 0.05) is 30.5 Å². The molecule has 7 atom stereocenters. The fraction of sp³-hybridized carbons (Fsp3) is 0.625. The summed E-state index contributed by atoms with van der Waals surface area (Å²) in [4.78, 5) is 40.4. The predicted octanol–water partition coefficient (Wildman–Crippen LogP) is 2.44. The number of aliphatic hydroxyl groups is 2. The van der Waals surface area contributed by atoms with E-state index >= 15 is 0 Å². The van der Waals surface area contributed by atoms with Crippen molar-refractivity contribution in [3.8, 4) is 5.75 Å². The summed E-state index contributed by atoms with van der Waals surface area (Å²) in [5.74, 6) is -0.750. The number of allylic oxidation sites excluding steroid dienone is 2. The highest BCUT2D eigenvalue weighted by Crippen LogP contribution is 2.47. The number of Topliss-reactive ketones (excluding diaryl/α,β-unsaturated/α-hetero) is 2. The molecule has 0 bridgehead atoms. The van der Waals surface area contributed by atoms with Gasteiger partial charge in [0.15, 0.2) is 5.78 Å². The van der Waals surface area contributed by atoms with E-state index in [9.17, 15) is 29.7 Å². The summed E-state index contributed by atoms with van der Waals surface area (Å²) >= 11 is 0. The first kappa shape index (κ1) is 22.0. The van der Waals surface area contributed by atoms with Crippen LogP contribution < -0.4 is 5.56 Å². The van der Waals surface area contributed by atoms with Crippen LogP contribution in [-0.2, 0) is 10.4 Å². The van der Waals surface area contributed by atoms with Crippen LogP contribution in [-0.4, -0.2) is 38.0 Å². The molecule has 3 aliphatic rings. The van der Waals surface area contributed by atoms with Gasteiger partial charge in [0.05, 0.1) is 6.10 Å². The first-order valence-electron chi connectivity index (χ1n) is 11.2. The number of carbonyl (C=O) groups excluding carboxylic acids is 2. The fourth-order valence-corrected chi connectivity index (χ4v) is 5.92. The van der Waals surface area contributed by atoms with Crippen molar-refractivity contribution in [2.45, 2.75) is 64.1 Å². The highest BCUT2D eigenvalue weighted by molar-refractivity contribution is 6.01. The van der Waals surface area contributed by atoms with Crippen LogP contribution in [0.15, 0.2) is 23.1 Å². The van der Waals surface area contributed by atoms with Crippen LogP contribution in [0.1, 0.15) is 68.3 Å². The minimum absolute atomic E-state index is 0.0435. The van der Waals surface area contributed by atoms with Crippen molar-refractivity contribution in [1.29, 1.82) is 0 Å². The molecule has 2 fully saturated rings.